The molecule has 1 heterocycles. The molecular formula is C11H12N2Si. The first-order chi connectivity index (χ1) is 6.53. The zero-order valence-corrected chi connectivity index (χ0v) is 9.63. The number of nitriles is 1. The van der Waals surface area contributed by atoms with Crippen LogP contribution < -0.4 is 0 Å². The Morgan fingerprint density at radius 3 is 2.64 bits per heavy atom. The standard InChI is InChI=1S/C11H12N2Si/c1-14(2,3)8-6-10-5-4-7-13-11(10)9-12/h4-5,7H,1-3H3. The summed E-state index contributed by atoms with van der Waals surface area (Å²) in [6.07, 6.45) is 1.61. The Labute approximate surface area is 85.6 Å². The first-order valence-electron chi connectivity index (χ1n) is 4.41. The third kappa shape index (κ3) is 3.05. The van der Waals surface area contributed by atoms with Crippen LogP contribution in [0.5, 0.6) is 0 Å². The number of pyridine rings is 1. The molecule has 0 saturated carbocycles. The van der Waals surface area contributed by atoms with Crippen LogP contribution in [0.25, 0.3) is 0 Å². The van der Waals surface area contributed by atoms with Crippen LogP contribution in [0.3, 0.4) is 0 Å². The van der Waals surface area contributed by atoms with Crippen LogP contribution in [0.1, 0.15) is 11.3 Å². The molecule has 0 amide bonds. The third-order valence-electron chi connectivity index (χ3n) is 1.49. The average molecular weight is 200 g/mol. The third-order valence-corrected chi connectivity index (χ3v) is 2.36. The van der Waals surface area contributed by atoms with Crippen molar-refractivity contribution in [1.82, 2.24) is 4.98 Å². The summed E-state index contributed by atoms with van der Waals surface area (Å²) in [6, 6.07) is 5.67. The van der Waals surface area contributed by atoms with Gasteiger partial charge in [-0.1, -0.05) is 25.6 Å². The molecule has 14 heavy (non-hydrogen) atoms. The highest BCUT2D eigenvalue weighted by Gasteiger charge is 2.08. The highest BCUT2D eigenvalue weighted by molar-refractivity contribution is 6.83. The molecule has 0 fully saturated rings. The van der Waals surface area contributed by atoms with Crippen LogP contribution in [0.15, 0.2) is 18.3 Å². The van der Waals surface area contributed by atoms with Crippen molar-refractivity contribution < 1.29 is 0 Å². The molecule has 0 aliphatic carbocycles. The molecule has 0 spiro atoms. The minimum atomic E-state index is -1.37. The number of nitrogens with zero attached hydrogens (tertiary/aromatic N) is 2. The fourth-order valence-corrected chi connectivity index (χ4v) is 1.36. The van der Waals surface area contributed by atoms with E-state index in [4.69, 9.17) is 5.26 Å². The molecule has 0 aliphatic rings. The van der Waals surface area contributed by atoms with Crippen molar-refractivity contribution in [2.24, 2.45) is 0 Å². The quantitative estimate of drug-likeness (QED) is 0.475. The SMILES string of the molecule is C[Si](C)(C)C#Cc1cccnc1C#N. The first kappa shape index (κ1) is 10.5. The van der Waals surface area contributed by atoms with E-state index in [1.165, 1.54) is 0 Å². The van der Waals surface area contributed by atoms with E-state index in [2.05, 4.69) is 36.1 Å². The number of hydrogen-bond acceptors (Lipinski definition) is 2. The highest BCUT2D eigenvalue weighted by Crippen LogP contribution is 2.03. The maximum atomic E-state index is 8.78. The molecule has 0 aromatic carbocycles. The summed E-state index contributed by atoms with van der Waals surface area (Å²) in [6.45, 7) is 6.51. The molecule has 0 saturated heterocycles. The molecular weight excluding hydrogens is 188 g/mol. The Hall–Kier alpha value is -1.58. The van der Waals surface area contributed by atoms with Crippen LogP contribution in [-0.4, -0.2) is 13.1 Å². The Kier molecular flexibility index (Phi) is 3.06. The molecule has 70 valence electrons. The van der Waals surface area contributed by atoms with Gasteiger partial charge in [-0.05, 0) is 12.1 Å². The van der Waals surface area contributed by atoms with E-state index in [1.54, 1.807) is 12.3 Å². The lowest BCUT2D eigenvalue weighted by Crippen LogP contribution is -2.16. The predicted molar refractivity (Wildman–Crippen MR) is 59.2 cm³/mol. The van der Waals surface area contributed by atoms with Gasteiger partial charge < -0.3 is 0 Å². The van der Waals surface area contributed by atoms with Gasteiger partial charge in [0.25, 0.3) is 0 Å². The van der Waals surface area contributed by atoms with Crippen molar-refractivity contribution >= 4 is 8.07 Å². The van der Waals surface area contributed by atoms with E-state index in [-0.39, 0.29) is 0 Å². The van der Waals surface area contributed by atoms with Gasteiger partial charge in [0.2, 0.25) is 0 Å². The van der Waals surface area contributed by atoms with E-state index >= 15 is 0 Å². The largest absolute Gasteiger partial charge is 0.244 e. The Balaban J connectivity index is 3.08. The van der Waals surface area contributed by atoms with E-state index in [9.17, 15) is 0 Å². The van der Waals surface area contributed by atoms with Gasteiger partial charge in [-0.15, -0.1) is 5.54 Å². The second-order valence-corrected chi connectivity index (χ2v) is 8.76. The van der Waals surface area contributed by atoms with Crippen molar-refractivity contribution in [3.8, 4) is 17.5 Å². The van der Waals surface area contributed by atoms with Crippen molar-refractivity contribution in [3.05, 3.63) is 29.6 Å². The highest BCUT2D eigenvalue weighted by atomic mass is 28.3. The summed E-state index contributed by atoms with van der Waals surface area (Å²) in [5, 5.41) is 8.78. The van der Waals surface area contributed by atoms with Gasteiger partial charge in [-0.25, -0.2) is 4.98 Å². The molecule has 2 nitrogen and oxygen atoms in total. The average Bonchev–Trinajstić information content (AvgIpc) is 2.14. The van der Waals surface area contributed by atoms with Crippen LogP contribution in [0.4, 0.5) is 0 Å². The minimum absolute atomic E-state index is 0.415. The van der Waals surface area contributed by atoms with Crippen LogP contribution >= 0.6 is 0 Å². The summed E-state index contributed by atoms with van der Waals surface area (Å²) in [5.41, 5.74) is 4.36. The molecule has 0 aliphatic heterocycles. The molecule has 0 bridgehead atoms. The smallest absolute Gasteiger partial charge is 0.156 e. The lowest BCUT2D eigenvalue weighted by molar-refractivity contribution is 1.25. The van der Waals surface area contributed by atoms with Gasteiger partial charge in [-0.3, -0.25) is 0 Å². The fourth-order valence-electron chi connectivity index (χ4n) is 0.850. The summed E-state index contributed by atoms with van der Waals surface area (Å²) in [7, 11) is -1.37. The lowest BCUT2D eigenvalue weighted by Gasteiger charge is -2.03. The molecule has 0 unspecified atom stereocenters. The summed E-state index contributed by atoms with van der Waals surface area (Å²) < 4.78 is 0. The number of hydrogen-bond donors (Lipinski definition) is 0. The van der Waals surface area contributed by atoms with Crippen LogP contribution in [-0.2, 0) is 0 Å². The second kappa shape index (κ2) is 4.08. The van der Waals surface area contributed by atoms with Crippen molar-refractivity contribution in [2.45, 2.75) is 19.6 Å². The van der Waals surface area contributed by atoms with Gasteiger partial charge in [0.05, 0.1) is 5.56 Å². The van der Waals surface area contributed by atoms with Gasteiger partial charge in [0, 0.05) is 6.20 Å². The monoisotopic (exact) mass is 200 g/mol. The molecule has 1 rings (SSSR count). The van der Waals surface area contributed by atoms with Crippen molar-refractivity contribution in [2.75, 3.05) is 0 Å². The Morgan fingerprint density at radius 1 is 1.36 bits per heavy atom. The normalized spacial score (nSPS) is 9.86. The topological polar surface area (TPSA) is 36.7 Å². The van der Waals surface area contributed by atoms with Crippen LogP contribution in [0.2, 0.25) is 19.6 Å². The molecule has 1 aromatic heterocycles. The summed E-state index contributed by atoms with van der Waals surface area (Å²) >= 11 is 0. The Morgan fingerprint density at radius 2 is 2.07 bits per heavy atom. The van der Waals surface area contributed by atoms with E-state index in [0.717, 1.165) is 5.56 Å². The predicted octanol–water partition coefficient (Wildman–Crippen LogP) is 2.18. The fraction of sp³-hybridized carbons (Fsp3) is 0.273. The number of aromatic nitrogens is 1. The van der Waals surface area contributed by atoms with Crippen molar-refractivity contribution in [3.63, 3.8) is 0 Å². The van der Waals surface area contributed by atoms with E-state index in [1.807, 2.05) is 12.1 Å². The summed E-state index contributed by atoms with van der Waals surface area (Å²) in [5.74, 6) is 3.03. The van der Waals surface area contributed by atoms with Gasteiger partial charge in [-0.2, -0.15) is 5.26 Å². The molecule has 1 aromatic rings. The zero-order chi connectivity index (χ0) is 10.6. The molecule has 0 radical (unpaired) electrons. The van der Waals surface area contributed by atoms with Gasteiger partial charge in [0.1, 0.15) is 14.1 Å². The number of rotatable bonds is 0. The molecule has 0 atom stereocenters. The Bertz CT molecular complexity index is 427. The van der Waals surface area contributed by atoms with Gasteiger partial charge in [0.15, 0.2) is 5.69 Å². The zero-order valence-electron chi connectivity index (χ0n) is 8.63. The van der Waals surface area contributed by atoms with Gasteiger partial charge >= 0.3 is 0 Å². The maximum absolute atomic E-state index is 8.78. The minimum Gasteiger partial charge on any atom is -0.244 e. The second-order valence-electron chi connectivity index (χ2n) is 4.01. The van der Waals surface area contributed by atoms with Crippen molar-refractivity contribution in [1.29, 1.82) is 5.26 Å². The van der Waals surface area contributed by atoms with E-state index < -0.39 is 8.07 Å². The summed E-state index contributed by atoms with van der Waals surface area (Å²) in [4.78, 5) is 3.95. The van der Waals surface area contributed by atoms with Crippen LogP contribution in [0, 0.1) is 22.8 Å². The lowest BCUT2D eigenvalue weighted by atomic mass is 10.2. The van der Waals surface area contributed by atoms with E-state index in [0.29, 0.717) is 5.69 Å². The maximum Gasteiger partial charge on any atom is 0.156 e. The molecule has 0 N–H and O–H groups in total. The first-order valence-corrected chi connectivity index (χ1v) is 7.91. The molecule has 3 heteroatoms.